The maximum absolute atomic E-state index is 13.8. The Balaban J connectivity index is 1.45. The van der Waals surface area contributed by atoms with E-state index in [4.69, 9.17) is 9.47 Å². The first-order valence-corrected chi connectivity index (χ1v) is 17.3. The Bertz CT molecular complexity index is 1670. The number of amides is 4. The standard InChI is InChI=1S/C37H50N6O7/c1-7-8-18-49-36(48)38-22-24-12-14-26(15-13-24)33(45)42-31(20-25-10-9-11-28(19-25)43(6)23(2)44)34(46)39-27-16-17-29-30(21-27)41-32(40-29)35(47)50-37(3,4)5/h9-11,16-17,19,21,24,26,31H,7-8,12-15,18,20,22H2,1-6H3,(H,38,48)(H,39,46)(H,40,41)(H,42,45). The quantitative estimate of drug-likeness (QED) is 0.135. The van der Waals surface area contributed by atoms with Crippen LogP contribution in [0.1, 0.15) is 89.3 Å². The van der Waals surface area contributed by atoms with Gasteiger partial charge in [-0.2, -0.15) is 0 Å². The first kappa shape index (κ1) is 37.9. The van der Waals surface area contributed by atoms with Crippen LogP contribution >= 0.6 is 0 Å². The van der Waals surface area contributed by atoms with Crippen LogP contribution in [0.3, 0.4) is 0 Å². The molecule has 0 radical (unpaired) electrons. The van der Waals surface area contributed by atoms with E-state index in [2.05, 4.69) is 25.9 Å². The number of aromatic amines is 1. The SMILES string of the molecule is CCCCOC(=O)NCC1CCC(C(=O)NC(Cc2cccc(N(C)C(C)=O)c2)C(=O)Nc2ccc3nc(C(=O)OC(C)(C)C)[nH]c3c2)CC1. The van der Waals surface area contributed by atoms with E-state index in [1.165, 1.54) is 11.8 Å². The number of benzene rings is 2. The van der Waals surface area contributed by atoms with Gasteiger partial charge in [-0.1, -0.05) is 25.5 Å². The Hall–Kier alpha value is -4.94. The van der Waals surface area contributed by atoms with E-state index in [1.54, 1.807) is 46.0 Å². The number of aromatic nitrogens is 2. The first-order valence-electron chi connectivity index (χ1n) is 17.3. The van der Waals surface area contributed by atoms with E-state index >= 15 is 0 Å². The van der Waals surface area contributed by atoms with Crippen LogP contribution in [0.4, 0.5) is 16.2 Å². The lowest BCUT2D eigenvalue weighted by Gasteiger charge is -2.29. The normalized spacial score (nSPS) is 16.6. The second-order valence-electron chi connectivity index (χ2n) is 13.9. The van der Waals surface area contributed by atoms with Crippen molar-refractivity contribution in [2.24, 2.45) is 11.8 Å². The van der Waals surface area contributed by atoms with Crippen LogP contribution in [0, 0.1) is 11.8 Å². The number of imidazole rings is 1. The molecule has 270 valence electrons. The van der Waals surface area contributed by atoms with Crippen molar-refractivity contribution in [2.75, 3.05) is 30.4 Å². The summed E-state index contributed by atoms with van der Waals surface area (Å²) in [7, 11) is 1.68. The van der Waals surface area contributed by atoms with Gasteiger partial charge in [0.1, 0.15) is 11.6 Å². The number of rotatable bonds is 13. The van der Waals surface area contributed by atoms with Gasteiger partial charge in [-0.25, -0.2) is 14.6 Å². The van der Waals surface area contributed by atoms with Crippen LogP contribution in [0.25, 0.3) is 11.0 Å². The van der Waals surface area contributed by atoms with Gasteiger partial charge in [0.25, 0.3) is 0 Å². The van der Waals surface area contributed by atoms with Crippen molar-refractivity contribution in [1.82, 2.24) is 20.6 Å². The Kier molecular flexibility index (Phi) is 13.0. The van der Waals surface area contributed by atoms with Crippen LogP contribution < -0.4 is 20.9 Å². The molecule has 0 saturated heterocycles. The summed E-state index contributed by atoms with van der Waals surface area (Å²) in [6, 6.07) is 11.4. The molecule has 1 heterocycles. The number of carbonyl (C=O) groups excluding carboxylic acids is 5. The molecule has 2 aromatic carbocycles. The molecule has 4 amide bonds. The van der Waals surface area contributed by atoms with E-state index in [0.29, 0.717) is 48.4 Å². The molecule has 0 spiro atoms. The molecule has 1 fully saturated rings. The Morgan fingerprint density at radius 3 is 2.46 bits per heavy atom. The van der Waals surface area contributed by atoms with Crippen molar-refractivity contribution < 1.29 is 33.4 Å². The van der Waals surface area contributed by atoms with Crippen LogP contribution in [-0.2, 0) is 30.3 Å². The molecule has 1 unspecified atom stereocenters. The summed E-state index contributed by atoms with van der Waals surface area (Å²) in [6.45, 7) is 9.71. The number of esters is 1. The number of alkyl carbamates (subject to hydrolysis) is 1. The van der Waals surface area contributed by atoms with Crippen molar-refractivity contribution in [2.45, 2.75) is 91.2 Å². The minimum absolute atomic E-state index is 0.0522. The second kappa shape index (κ2) is 17.1. The summed E-state index contributed by atoms with van der Waals surface area (Å²) >= 11 is 0. The van der Waals surface area contributed by atoms with E-state index in [9.17, 15) is 24.0 Å². The summed E-state index contributed by atoms with van der Waals surface area (Å²) in [5.41, 5.74) is 2.27. The lowest BCUT2D eigenvalue weighted by atomic mass is 9.81. The molecule has 1 atom stereocenters. The van der Waals surface area contributed by atoms with Crippen LogP contribution in [0.2, 0.25) is 0 Å². The molecular weight excluding hydrogens is 640 g/mol. The number of nitrogens with zero attached hydrogens (tertiary/aromatic N) is 2. The number of nitrogens with one attached hydrogen (secondary N) is 4. The lowest BCUT2D eigenvalue weighted by Crippen LogP contribution is -2.48. The van der Waals surface area contributed by atoms with Gasteiger partial charge in [-0.3, -0.25) is 14.4 Å². The summed E-state index contributed by atoms with van der Waals surface area (Å²) in [4.78, 5) is 72.7. The highest BCUT2D eigenvalue weighted by molar-refractivity contribution is 5.99. The highest BCUT2D eigenvalue weighted by Crippen LogP contribution is 2.29. The largest absolute Gasteiger partial charge is 0.454 e. The van der Waals surface area contributed by atoms with Crippen molar-refractivity contribution in [3.05, 3.63) is 53.9 Å². The Morgan fingerprint density at radius 1 is 1.04 bits per heavy atom. The molecule has 1 aliphatic carbocycles. The molecule has 50 heavy (non-hydrogen) atoms. The number of anilines is 2. The van der Waals surface area contributed by atoms with Gasteiger partial charge in [0, 0.05) is 44.2 Å². The molecule has 1 saturated carbocycles. The third-order valence-corrected chi connectivity index (χ3v) is 8.67. The topological polar surface area (TPSA) is 172 Å². The maximum atomic E-state index is 13.8. The van der Waals surface area contributed by atoms with Crippen molar-refractivity contribution >= 4 is 52.2 Å². The highest BCUT2D eigenvalue weighted by Gasteiger charge is 2.30. The molecule has 3 aromatic rings. The minimum Gasteiger partial charge on any atom is -0.454 e. The number of ether oxygens (including phenoxy) is 2. The molecular formula is C37H50N6O7. The number of hydrogen-bond donors (Lipinski definition) is 4. The van der Waals surface area contributed by atoms with Gasteiger partial charge in [-0.15, -0.1) is 0 Å². The molecule has 4 N–H and O–H groups in total. The molecule has 0 bridgehead atoms. The lowest BCUT2D eigenvalue weighted by molar-refractivity contribution is -0.130. The van der Waals surface area contributed by atoms with E-state index < -0.39 is 29.6 Å². The Labute approximate surface area is 293 Å². The van der Waals surface area contributed by atoms with E-state index in [1.807, 2.05) is 31.2 Å². The van der Waals surface area contributed by atoms with Crippen molar-refractivity contribution in [1.29, 1.82) is 0 Å². The fourth-order valence-corrected chi connectivity index (χ4v) is 5.76. The Morgan fingerprint density at radius 2 is 1.78 bits per heavy atom. The summed E-state index contributed by atoms with van der Waals surface area (Å²) in [5, 5.41) is 8.74. The maximum Gasteiger partial charge on any atom is 0.407 e. The molecule has 1 aromatic heterocycles. The number of unbranched alkanes of at least 4 members (excludes halogenated alkanes) is 1. The van der Waals surface area contributed by atoms with Gasteiger partial charge in [0.15, 0.2) is 0 Å². The average molecular weight is 691 g/mol. The van der Waals surface area contributed by atoms with E-state index in [0.717, 1.165) is 31.2 Å². The molecule has 4 rings (SSSR count). The molecule has 0 aliphatic heterocycles. The van der Waals surface area contributed by atoms with Crippen LogP contribution in [0.15, 0.2) is 42.5 Å². The van der Waals surface area contributed by atoms with Gasteiger partial charge in [0.05, 0.1) is 17.6 Å². The van der Waals surface area contributed by atoms with Gasteiger partial charge in [0.2, 0.25) is 23.5 Å². The summed E-state index contributed by atoms with van der Waals surface area (Å²) in [5.74, 6) is -1.33. The minimum atomic E-state index is -0.924. The monoisotopic (exact) mass is 690 g/mol. The third kappa shape index (κ3) is 11.0. The average Bonchev–Trinajstić information content (AvgIpc) is 3.50. The molecule has 13 nitrogen and oxygen atoms in total. The van der Waals surface area contributed by atoms with Crippen molar-refractivity contribution in [3.63, 3.8) is 0 Å². The summed E-state index contributed by atoms with van der Waals surface area (Å²) in [6.07, 6.45) is 4.33. The molecule has 1 aliphatic rings. The first-order chi connectivity index (χ1) is 23.7. The third-order valence-electron chi connectivity index (χ3n) is 8.67. The van der Waals surface area contributed by atoms with Crippen LogP contribution in [0.5, 0.6) is 0 Å². The highest BCUT2D eigenvalue weighted by atomic mass is 16.6. The zero-order valence-electron chi connectivity index (χ0n) is 29.9. The number of H-pyrrole nitrogens is 1. The predicted octanol–water partition coefficient (Wildman–Crippen LogP) is 5.50. The zero-order chi connectivity index (χ0) is 36.4. The number of hydrogen-bond acceptors (Lipinski definition) is 8. The number of fused-ring (bicyclic) bond motifs is 1. The summed E-state index contributed by atoms with van der Waals surface area (Å²) < 4.78 is 10.6. The van der Waals surface area contributed by atoms with Crippen molar-refractivity contribution in [3.8, 4) is 0 Å². The van der Waals surface area contributed by atoms with Gasteiger partial charge in [-0.05, 0) is 94.7 Å². The van der Waals surface area contributed by atoms with Gasteiger partial charge < -0.3 is 35.3 Å². The predicted molar refractivity (Wildman–Crippen MR) is 191 cm³/mol. The molecule has 13 heteroatoms. The smallest absolute Gasteiger partial charge is 0.407 e. The van der Waals surface area contributed by atoms with E-state index in [-0.39, 0.29) is 35.9 Å². The fourth-order valence-electron chi connectivity index (χ4n) is 5.76. The fraction of sp³-hybridized carbons (Fsp3) is 0.514. The zero-order valence-corrected chi connectivity index (χ0v) is 29.9. The number of carbonyl (C=O) groups is 5. The second-order valence-corrected chi connectivity index (χ2v) is 13.9. The van der Waals surface area contributed by atoms with Gasteiger partial charge >= 0.3 is 12.1 Å². The van der Waals surface area contributed by atoms with Crippen LogP contribution in [-0.4, -0.2) is 71.6 Å².